The van der Waals surface area contributed by atoms with E-state index >= 15 is 0 Å². The van der Waals surface area contributed by atoms with Crippen molar-refractivity contribution in [2.45, 2.75) is 0 Å². The van der Waals surface area contributed by atoms with E-state index < -0.39 is 5.97 Å². The molecule has 0 spiro atoms. The van der Waals surface area contributed by atoms with Crippen LogP contribution in [0.15, 0.2) is 42.5 Å². The second-order valence-electron chi connectivity index (χ2n) is 4.51. The number of aromatic carboxylic acids is 1. The van der Waals surface area contributed by atoms with Crippen LogP contribution in [-0.2, 0) is 0 Å². The molecule has 2 aromatic rings. The van der Waals surface area contributed by atoms with Crippen LogP contribution in [0.2, 0.25) is 0 Å². The molecule has 0 atom stereocenters. The molecule has 0 bridgehead atoms. The largest absolute Gasteiger partial charge is 0.497 e. The first-order valence-corrected chi connectivity index (χ1v) is 6.95. The van der Waals surface area contributed by atoms with Gasteiger partial charge in [-0.15, -0.1) is 0 Å². The van der Waals surface area contributed by atoms with Gasteiger partial charge in [-0.25, -0.2) is 4.79 Å². The molecule has 0 heterocycles. The molecule has 0 unspecified atom stereocenters. The summed E-state index contributed by atoms with van der Waals surface area (Å²) in [5.41, 5.74) is 0.0498. The van der Waals surface area contributed by atoms with E-state index in [1.165, 1.54) is 13.2 Å². The van der Waals surface area contributed by atoms with Crippen LogP contribution in [0.3, 0.4) is 0 Å². The van der Waals surface area contributed by atoms with Crippen molar-refractivity contribution >= 4 is 5.97 Å². The molecule has 6 heteroatoms. The lowest BCUT2D eigenvalue weighted by Crippen LogP contribution is -2.12. The summed E-state index contributed by atoms with van der Waals surface area (Å²) in [6, 6.07) is 11.9. The molecule has 0 amide bonds. The number of rotatable bonds is 8. The maximum atomic E-state index is 11.2. The predicted octanol–water partition coefficient (Wildman–Crippen LogP) is 2.86. The third-order valence-electron chi connectivity index (χ3n) is 3.09. The molecule has 2 rings (SSSR count). The number of hydrogen-bond donors (Lipinski definition) is 1. The lowest BCUT2D eigenvalue weighted by Gasteiger charge is -2.13. The van der Waals surface area contributed by atoms with Crippen molar-refractivity contribution in [1.29, 1.82) is 0 Å². The van der Waals surface area contributed by atoms with Crippen LogP contribution in [0.1, 0.15) is 10.4 Å². The van der Waals surface area contributed by atoms with E-state index in [9.17, 15) is 9.90 Å². The third kappa shape index (κ3) is 4.29. The van der Waals surface area contributed by atoms with Crippen LogP contribution < -0.4 is 18.9 Å². The Morgan fingerprint density at radius 1 is 0.913 bits per heavy atom. The first kappa shape index (κ1) is 16.5. The minimum atomic E-state index is -1.07. The van der Waals surface area contributed by atoms with Gasteiger partial charge in [0.15, 0.2) is 11.5 Å². The average Bonchev–Trinajstić information content (AvgIpc) is 2.58. The smallest absolute Gasteiger partial charge is 0.339 e. The number of ether oxygens (including phenoxy) is 4. The topological polar surface area (TPSA) is 74.2 Å². The number of carbonyl (C=O) groups is 1. The fourth-order valence-corrected chi connectivity index (χ4v) is 1.97. The highest BCUT2D eigenvalue weighted by Gasteiger charge is 2.16. The maximum absolute atomic E-state index is 11.2. The molecule has 0 aliphatic carbocycles. The Hall–Kier alpha value is -2.89. The summed E-state index contributed by atoms with van der Waals surface area (Å²) < 4.78 is 21.3. The van der Waals surface area contributed by atoms with E-state index in [0.717, 1.165) is 5.75 Å². The molecule has 0 fully saturated rings. The van der Waals surface area contributed by atoms with Gasteiger partial charge < -0.3 is 24.1 Å². The number of methoxy groups -OCH3 is 2. The number of para-hydroxylation sites is 1. The van der Waals surface area contributed by atoms with Crippen LogP contribution in [0.4, 0.5) is 0 Å². The monoisotopic (exact) mass is 318 g/mol. The molecule has 6 nitrogen and oxygen atoms in total. The van der Waals surface area contributed by atoms with Crippen LogP contribution in [0.5, 0.6) is 23.0 Å². The van der Waals surface area contributed by atoms with Gasteiger partial charge in [-0.05, 0) is 36.4 Å². The second kappa shape index (κ2) is 7.93. The lowest BCUT2D eigenvalue weighted by atomic mass is 10.2. The zero-order valence-electron chi connectivity index (χ0n) is 12.9. The van der Waals surface area contributed by atoms with Crippen molar-refractivity contribution in [1.82, 2.24) is 0 Å². The molecule has 0 saturated heterocycles. The molecule has 1 N–H and O–H groups in total. The van der Waals surface area contributed by atoms with Gasteiger partial charge in [0, 0.05) is 0 Å². The van der Waals surface area contributed by atoms with Crippen LogP contribution in [0.25, 0.3) is 0 Å². The van der Waals surface area contributed by atoms with Gasteiger partial charge in [-0.1, -0.05) is 6.07 Å². The summed E-state index contributed by atoms with van der Waals surface area (Å²) in [6.45, 7) is 0.454. The normalized spacial score (nSPS) is 10.0. The fraction of sp³-hybridized carbons (Fsp3) is 0.235. The summed E-state index contributed by atoms with van der Waals surface area (Å²) in [6.07, 6.45) is 0. The Balaban J connectivity index is 1.94. The summed E-state index contributed by atoms with van der Waals surface area (Å²) >= 11 is 0. The molecule has 0 saturated carbocycles. The molecule has 23 heavy (non-hydrogen) atoms. The molecule has 2 aromatic carbocycles. The number of carboxylic acid groups (broad SMARTS) is 1. The molecular formula is C17H18O6. The molecule has 0 radical (unpaired) electrons. The standard InChI is InChI=1S/C17H18O6/c1-20-12-6-8-13(9-7-12)22-10-11-23-16-14(17(18)19)4-3-5-15(16)21-2/h3-9H,10-11H2,1-2H3,(H,18,19). The SMILES string of the molecule is COc1ccc(OCCOc2c(OC)cccc2C(=O)O)cc1. The van der Waals surface area contributed by atoms with Gasteiger partial charge >= 0.3 is 5.97 Å². The van der Waals surface area contributed by atoms with Crippen molar-refractivity contribution in [3.63, 3.8) is 0 Å². The summed E-state index contributed by atoms with van der Waals surface area (Å²) in [5.74, 6) is 0.909. The summed E-state index contributed by atoms with van der Waals surface area (Å²) in [7, 11) is 3.05. The van der Waals surface area contributed by atoms with E-state index in [1.54, 1.807) is 43.5 Å². The molecule has 0 aliphatic heterocycles. The van der Waals surface area contributed by atoms with Gasteiger partial charge in [-0.2, -0.15) is 0 Å². The average molecular weight is 318 g/mol. The number of carboxylic acids is 1. The molecule has 0 aliphatic rings. The van der Waals surface area contributed by atoms with E-state index in [-0.39, 0.29) is 24.5 Å². The Labute approximate surface area is 134 Å². The summed E-state index contributed by atoms with van der Waals surface area (Å²) in [5, 5.41) is 9.19. The first-order valence-electron chi connectivity index (χ1n) is 6.95. The number of benzene rings is 2. The van der Waals surface area contributed by atoms with Crippen LogP contribution >= 0.6 is 0 Å². The van der Waals surface area contributed by atoms with E-state index in [4.69, 9.17) is 18.9 Å². The minimum Gasteiger partial charge on any atom is -0.497 e. The molecule has 122 valence electrons. The van der Waals surface area contributed by atoms with E-state index in [2.05, 4.69) is 0 Å². The van der Waals surface area contributed by atoms with Gasteiger partial charge in [0.25, 0.3) is 0 Å². The zero-order chi connectivity index (χ0) is 16.7. The van der Waals surface area contributed by atoms with Crippen molar-refractivity contribution in [3.05, 3.63) is 48.0 Å². The van der Waals surface area contributed by atoms with Crippen molar-refractivity contribution in [2.75, 3.05) is 27.4 Å². The van der Waals surface area contributed by atoms with Gasteiger partial charge in [0.2, 0.25) is 0 Å². The van der Waals surface area contributed by atoms with Crippen molar-refractivity contribution in [2.24, 2.45) is 0 Å². The maximum Gasteiger partial charge on any atom is 0.339 e. The highest BCUT2D eigenvalue weighted by Crippen LogP contribution is 2.31. The van der Waals surface area contributed by atoms with E-state index in [0.29, 0.717) is 11.5 Å². The quantitative estimate of drug-likeness (QED) is 0.754. The lowest BCUT2D eigenvalue weighted by molar-refractivity contribution is 0.0690. The minimum absolute atomic E-state index is 0.0498. The Kier molecular flexibility index (Phi) is 5.68. The second-order valence-corrected chi connectivity index (χ2v) is 4.51. The molecular weight excluding hydrogens is 300 g/mol. The Morgan fingerprint density at radius 2 is 1.57 bits per heavy atom. The highest BCUT2D eigenvalue weighted by atomic mass is 16.5. The van der Waals surface area contributed by atoms with Gasteiger partial charge in [0.1, 0.15) is 30.3 Å². The van der Waals surface area contributed by atoms with Crippen LogP contribution in [0, 0.1) is 0 Å². The van der Waals surface area contributed by atoms with Crippen LogP contribution in [-0.4, -0.2) is 38.5 Å². The zero-order valence-corrected chi connectivity index (χ0v) is 12.9. The van der Waals surface area contributed by atoms with Gasteiger partial charge in [0.05, 0.1) is 14.2 Å². The predicted molar refractivity (Wildman–Crippen MR) is 83.9 cm³/mol. The number of hydrogen-bond acceptors (Lipinski definition) is 5. The Bertz CT molecular complexity index is 651. The summed E-state index contributed by atoms with van der Waals surface area (Å²) in [4.78, 5) is 11.2. The third-order valence-corrected chi connectivity index (χ3v) is 3.09. The fourth-order valence-electron chi connectivity index (χ4n) is 1.97. The highest BCUT2D eigenvalue weighted by molar-refractivity contribution is 5.92. The van der Waals surface area contributed by atoms with E-state index in [1.807, 2.05) is 0 Å². The van der Waals surface area contributed by atoms with Gasteiger partial charge in [-0.3, -0.25) is 0 Å². The van der Waals surface area contributed by atoms with Crippen molar-refractivity contribution < 1.29 is 28.8 Å². The van der Waals surface area contributed by atoms with Crippen molar-refractivity contribution in [3.8, 4) is 23.0 Å². The molecule has 0 aromatic heterocycles. The Morgan fingerprint density at radius 3 is 2.17 bits per heavy atom. The first-order chi connectivity index (χ1) is 11.2.